The summed E-state index contributed by atoms with van der Waals surface area (Å²) in [6.07, 6.45) is -3.36. The molecule has 3 aromatic heterocycles. The van der Waals surface area contributed by atoms with Crippen molar-refractivity contribution in [2.45, 2.75) is 6.18 Å². The molecule has 182 valence electrons. The molecule has 0 aliphatic rings. The number of thiophene rings is 1. The lowest BCUT2D eigenvalue weighted by Gasteiger charge is -2.12. The molecule has 0 spiro atoms. The van der Waals surface area contributed by atoms with Crippen LogP contribution in [0.4, 0.5) is 24.7 Å². The molecule has 5 aromatic rings. The Morgan fingerprint density at radius 1 is 1.14 bits per heavy atom. The van der Waals surface area contributed by atoms with E-state index >= 15 is 0 Å². The maximum Gasteiger partial charge on any atom is 0.417 e. The maximum atomic E-state index is 14.0. The number of ether oxygens (including phenoxy) is 1. The number of hydrogen-bond donors (Lipinski definition) is 1. The van der Waals surface area contributed by atoms with Gasteiger partial charge in [0.25, 0.3) is 6.20 Å². The fraction of sp³-hybridized carbons (Fsp3) is 0.0833. The topological polar surface area (TPSA) is 113 Å². The Bertz CT molecular complexity index is 1580. The van der Waals surface area contributed by atoms with Crippen LogP contribution in [0.1, 0.15) is 10.4 Å². The van der Waals surface area contributed by atoms with Crippen LogP contribution in [-0.4, -0.2) is 23.3 Å². The van der Waals surface area contributed by atoms with Crippen LogP contribution in [0.3, 0.4) is 0 Å². The van der Waals surface area contributed by atoms with E-state index in [9.17, 15) is 18.3 Å². The minimum Gasteiger partial charge on any atom is -0.857 e. The number of benzene rings is 2. The average molecular weight is 511 g/mol. The van der Waals surface area contributed by atoms with Crippen LogP contribution in [0, 0.1) is 0 Å². The predicted octanol–water partition coefficient (Wildman–Crippen LogP) is 4.28. The first kappa shape index (κ1) is 23.3. The van der Waals surface area contributed by atoms with Gasteiger partial charge in [0.15, 0.2) is 0 Å². The zero-order chi connectivity index (χ0) is 25.4. The first-order valence-corrected chi connectivity index (χ1v) is 11.2. The van der Waals surface area contributed by atoms with Gasteiger partial charge in [-0.1, -0.05) is 18.2 Å². The molecule has 3 heterocycles. The minimum atomic E-state index is -4.73. The van der Waals surface area contributed by atoms with Gasteiger partial charge in [-0.2, -0.15) is 13.2 Å². The maximum absolute atomic E-state index is 14.0. The molecule has 0 aliphatic carbocycles. The number of methoxy groups -OCH3 is 1. The number of hydrogen-bond acceptors (Lipinski definition) is 8. The molecule has 0 unspecified atom stereocenters. The van der Waals surface area contributed by atoms with Crippen LogP contribution >= 0.6 is 11.3 Å². The van der Waals surface area contributed by atoms with E-state index in [0.29, 0.717) is 17.0 Å². The summed E-state index contributed by atoms with van der Waals surface area (Å²) in [6, 6.07) is 16.3. The zero-order valence-corrected chi connectivity index (χ0v) is 19.3. The van der Waals surface area contributed by atoms with E-state index in [0.717, 1.165) is 17.4 Å². The third-order valence-electron chi connectivity index (χ3n) is 5.27. The van der Waals surface area contributed by atoms with E-state index < -0.39 is 17.6 Å². The highest BCUT2D eigenvalue weighted by Crippen LogP contribution is 2.43. The van der Waals surface area contributed by atoms with Gasteiger partial charge < -0.3 is 15.6 Å². The van der Waals surface area contributed by atoms with E-state index in [1.165, 1.54) is 18.0 Å². The summed E-state index contributed by atoms with van der Waals surface area (Å²) < 4.78 is 53.5. The summed E-state index contributed by atoms with van der Waals surface area (Å²) in [7, 11) is 1.49. The van der Waals surface area contributed by atoms with Gasteiger partial charge in [-0.05, 0) is 35.0 Å². The van der Waals surface area contributed by atoms with Crippen molar-refractivity contribution in [3.63, 3.8) is 0 Å². The van der Waals surface area contributed by atoms with E-state index in [-0.39, 0.29) is 32.4 Å². The number of rotatable bonds is 5. The summed E-state index contributed by atoms with van der Waals surface area (Å²) >= 11 is 0.728. The molecule has 0 saturated carbocycles. The molecule has 0 atom stereocenters. The standard InChI is InChI=1S/C24H16F3N5O3S/c1-34-15-9-7-13(8-10-15)17-11-16(24(25,26)27)19-20(28)21(36-23(19)29-17)22(33)30-18-12-32(31-35-18)14-5-3-2-4-6-14/h2-12H,1H3,(H2-,28,30,31,33). The molecular formula is C24H16F3N5O3S. The smallest absolute Gasteiger partial charge is 0.417 e. The number of nitrogens with two attached hydrogens (primary N) is 1. The molecular weight excluding hydrogens is 495 g/mol. The Kier molecular flexibility index (Phi) is 5.80. The number of halogens is 3. The highest BCUT2D eigenvalue weighted by molar-refractivity contribution is 7.21. The largest absolute Gasteiger partial charge is 0.857 e. The second-order valence-electron chi connectivity index (χ2n) is 7.54. The summed E-state index contributed by atoms with van der Waals surface area (Å²) in [6.45, 7) is 0. The summed E-state index contributed by atoms with van der Waals surface area (Å²) in [5, 5.41) is 16.3. The third-order valence-corrected chi connectivity index (χ3v) is 6.36. The molecule has 8 nitrogen and oxygen atoms in total. The van der Waals surface area contributed by atoms with E-state index in [4.69, 9.17) is 15.0 Å². The Balaban J connectivity index is 1.59. The van der Waals surface area contributed by atoms with E-state index in [1.54, 1.807) is 48.5 Å². The number of aliphatic imine (C=N–C) groups is 1. The highest BCUT2D eigenvalue weighted by atomic mass is 32.1. The SMILES string of the molecule is COc1ccc(-c2cc(C(F)(F)F)c3c(N)c(/C([O-])=N/c4c[n+](-c5ccccc5)no4)sc3n2)cc1. The van der Waals surface area contributed by atoms with Gasteiger partial charge in [-0.25, -0.2) is 9.98 Å². The quantitative estimate of drug-likeness (QED) is 0.214. The Labute approximate surface area is 205 Å². The number of nitrogen functional groups attached to an aromatic ring is 1. The zero-order valence-electron chi connectivity index (χ0n) is 18.5. The molecule has 2 aromatic carbocycles. The third kappa shape index (κ3) is 4.33. The Hall–Kier alpha value is -4.45. The van der Waals surface area contributed by atoms with Crippen molar-refractivity contribution in [3.8, 4) is 22.7 Å². The van der Waals surface area contributed by atoms with Crippen molar-refractivity contribution in [1.82, 2.24) is 10.3 Å². The molecule has 12 heteroatoms. The summed E-state index contributed by atoms with van der Waals surface area (Å²) in [5.74, 6) is -0.457. The van der Waals surface area contributed by atoms with Gasteiger partial charge in [-0.3, -0.25) is 4.52 Å². The molecule has 0 bridgehead atoms. The first-order valence-electron chi connectivity index (χ1n) is 10.4. The first-order chi connectivity index (χ1) is 17.2. The van der Waals surface area contributed by atoms with Crippen molar-refractivity contribution in [3.05, 3.63) is 77.3 Å². The minimum absolute atomic E-state index is 0.0383. The van der Waals surface area contributed by atoms with Crippen LogP contribution in [0.5, 0.6) is 5.75 Å². The van der Waals surface area contributed by atoms with Gasteiger partial charge in [-0.15, -0.1) is 11.3 Å². The predicted molar refractivity (Wildman–Crippen MR) is 125 cm³/mol. The van der Waals surface area contributed by atoms with Crippen molar-refractivity contribution < 1.29 is 32.2 Å². The second kappa shape index (κ2) is 8.96. The average Bonchev–Trinajstić information content (AvgIpc) is 3.48. The number of para-hydroxylation sites is 1. The van der Waals surface area contributed by atoms with Gasteiger partial charge in [0.2, 0.25) is 11.0 Å². The molecule has 2 N–H and O–H groups in total. The number of aromatic nitrogens is 3. The lowest BCUT2D eigenvalue weighted by Crippen LogP contribution is -2.30. The lowest BCUT2D eigenvalue weighted by atomic mass is 10.1. The highest BCUT2D eigenvalue weighted by Gasteiger charge is 2.35. The molecule has 0 aliphatic heterocycles. The van der Waals surface area contributed by atoms with E-state index in [2.05, 4.69) is 15.2 Å². The number of anilines is 1. The van der Waals surface area contributed by atoms with Gasteiger partial charge in [0.05, 0.1) is 28.9 Å². The van der Waals surface area contributed by atoms with Gasteiger partial charge in [0.1, 0.15) is 10.6 Å². The van der Waals surface area contributed by atoms with Crippen LogP contribution in [0.15, 0.2) is 76.4 Å². The second-order valence-corrected chi connectivity index (χ2v) is 8.54. The van der Waals surface area contributed by atoms with Crippen LogP contribution in [0.25, 0.3) is 27.2 Å². The lowest BCUT2D eigenvalue weighted by molar-refractivity contribution is -0.670. The van der Waals surface area contributed by atoms with Crippen molar-refractivity contribution in [2.24, 2.45) is 4.99 Å². The molecule has 0 amide bonds. The fourth-order valence-corrected chi connectivity index (χ4v) is 4.56. The molecule has 0 fully saturated rings. The molecule has 5 rings (SSSR count). The number of pyridine rings is 1. The Morgan fingerprint density at radius 3 is 2.53 bits per heavy atom. The van der Waals surface area contributed by atoms with Crippen LogP contribution in [-0.2, 0) is 6.18 Å². The van der Waals surface area contributed by atoms with Crippen molar-refractivity contribution in [1.29, 1.82) is 0 Å². The number of fused-ring (bicyclic) bond motifs is 1. The molecule has 36 heavy (non-hydrogen) atoms. The van der Waals surface area contributed by atoms with E-state index in [1.807, 2.05) is 6.07 Å². The van der Waals surface area contributed by atoms with Gasteiger partial charge >= 0.3 is 12.1 Å². The van der Waals surface area contributed by atoms with Crippen molar-refractivity contribution >= 4 is 39.0 Å². The van der Waals surface area contributed by atoms with Crippen LogP contribution < -0.4 is 20.3 Å². The molecule has 0 saturated heterocycles. The fourth-order valence-electron chi connectivity index (χ4n) is 3.55. The van der Waals surface area contributed by atoms with Crippen molar-refractivity contribution in [2.75, 3.05) is 12.8 Å². The molecule has 0 radical (unpaired) electrons. The summed E-state index contributed by atoms with van der Waals surface area (Å²) in [4.78, 5) is 7.97. The normalized spacial score (nSPS) is 12.3. The monoisotopic (exact) mass is 511 g/mol. The number of nitrogens with zero attached hydrogens (tertiary/aromatic N) is 4. The van der Waals surface area contributed by atoms with Crippen LogP contribution in [0.2, 0.25) is 0 Å². The van der Waals surface area contributed by atoms with Gasteiger partial charge in [0, 0.05) is 29.0 Å². The Morgan fingerprint density at radius 2 is 1.86 bits per heavy atom. The number of alkyl halides is 3. The summed E-state index contributed by atoms with van der Waals surface area (Å²) in [5.41, 5.74) is 5.89.